The smallest absolute Gasteiger partial charge is 0.0771 e. The van der Waals surface area contributed by atoms with Crippen LogP contribution in [0, 0.1) is 11.8 Å². The fraction of sp³-hybridized carbons (Fsp3) is 1.00. The van der Waals surface area contributed by atoms with Crippen LogP contribution in [0.5, 0.6) is 0 Å². The van der Waals surface area contributed by atoms with Crippen LogP contribution < -0.4 is 5.32 Å². The molecule has 0 heterocycles. The van der Waals surface area contributed by atoms with Crippen molar-refractivity contribution in [3.8, 4) is 0 Å². The number of aliphatic hydroxyl groups is 1. The van der Waals surface area contributed by atoms with Crippen LogP contribution in [0.15, 0.2) is 0 Å². The first-order valence-electron chi connectivity index (χ1n) is 8.15. The number of hydrogen-bond donors (Lipinski definition) is 2. The lowest BCUT2D eigenvalue weighted by Gasteiger charge is -2.34. The third-order valence-corrected chi connectivity index (χ3v) is 5.22. The Bertz CT molecular complexity index is 227. The fourth-order valence-corrected chi connectivity index (χ4v) is 3.74. The van der Waals surface area contributed by atoms with E-state index in [1.54, 1.807) is 0 Å². The average Bonchev–Trinajstić information content (AvgIpc) is 2.40. The number of rotatable bonds is 5. The minimum Gasteiger partial charge on any atom is -0.389 e. The van der Waals surface area contributed by atoms with Crippen molar-refractivity contribution >= 4 is 0 Å². The first-order valence-corrected chi connectivity index (χ1v) is 8.15. The maximum absolute atomic E-state index is 10.4. The van der Waals surface area contributed by atoms with Crippen LogP contribution in [0.1, 0.15) is 71.1 Å². The molecule has 2 aliphatic rings. The molecule has 0 atom stereocenters. The average molecular weight is 253 g/mol. The summed E-state index contributed by atoms with van der Waals surface area (Å²) in [4.78, 5) is 0. The molecular weight excluding hydrogens is 222 g/mol. The van der Waals surface area contributed by atoms with Crippen LogP contribution >= 0.6 is 0 Å². The van der Waals surface area contributed by atoms with Crippen molar-refractivity contribution in [2.24, 2.45) is 11.8 Å². The highest BCUT2D eigenvalue weighted by atomic mass is 16.3. The Labute approximate surface area is 113 Å². The zero-order chi connectivity index (χ0) is 12.8. The lowest BCUT2D eigenvalue weighted by Crippen LogP contribution is -2.43. The highest BCUT2D eigenvalue weighted by Gasteiger charge is 2.29. The van der Waals surface area contributed by atoms with Crippen LogP contribution in [-0.2, 0) is 0 Å². The van der Waals surface area contributed by atoms with Gasteiger partial charge >= 0.3 is 0 Å². The van der Waals surface area contributed by atoms with Crippen molar-refractivity contribution < 1.29 is 5.11 Å². The van der Waals surface area contributed by atoms with Gasteiger partial charge in [-0.25, -0.2) is 0 Å². The summed E-state index contributed by atoms with van der Waals surface area (Å²) >= 11 is 0. The van der Waals surface area contributed by atoms with Crippen LogP contribution in [0.2, 0.25) is 0 Å². The molecule has 2 nitrogen and oxygen atoms in total. The quantitative estimate of drug-likeness (QED) is 0.786. The molecule has 0 aromatic carbocycles. The normalized spacial score (nSPS) is 32.3. The van der Waals surface area contributed by atoms with E-state index in [1.165, 1.54) is 51.4 Å². The SMILES string of the molecule is CCC1CCC(CNCC2(O)CCCCC2)CC1. The molecule has 2 saturated carbocycles. The largest absolute Gasteiger partial charge is 0.389 e. The third kappa shape index (κ3) is 4.24. The molecule has 2 heteroatoms. The topological polar surface area (TPSA) is 32.3 Å². The minimum absolute atomic E-state index is 0.390. The first kappa shape index (κ1) is 14.3. The summed E-state index contributed by atoms with van der Waals surface area (Å²) in [5, 5.41) is 14.0. The lowest BCUT2D eigenvalue weighted by molar-refractivity contribution is 0.00390. The molecule has 2 fully saturated rings. The second kappa shape index (κ2) is 6.91. The maximum Gasteiger partial charge on any atom is 0.0771 e. The molecule has 0 saturated heterocycles. The van der Waals surface area contributed by atoms with Gasteiger partial charge in [-0.1, -0.05) is 45.4 Å². The molecule has 0 aromatic heterocycles. The number of nitrogens with one attached hydrogen (secondary N) is 1. The van der Waals surface area contributed by atoms with Crippen LogP contribution in [0.4, 0.5) is 0 Å². The summed E-state index contributed by atoms with van der Waals surface area (Å²) in [6.45, 7) is 4.27. The third-order valence-electron chi connectivity index (χ3n) is 5.22. The summed E-state index contributed by atoms with van der Waals surface area (Å²) < 4.78 is 0. The van der Waals surface area contributed by atoms with Crippen molar-refractivity contribution in [2.75, 3.05) is 13.1 Å². The van der Waals surface area contributed by atoms with E-state index < -0.39 is 5.60 Å². The van der Waals surface area contributed by atoms with E-state index in [2.05, 4.69) is 12.2 Å². The van der Waals surface area contributed by atoms with E-state index in [4.69, 9.17) is 0 Å². The predicted molar refractivity (Wildman–Crippen MR) is 76.6 cm³/mol. The number of hydrogen-bond acceptors (Lipinski definition) is 2. The van der Waals surface area contributed by atoms with Gasteiger partial charge in [0.1, 0.15) is 0 Å². The second-order valence-electron chi connectivity index (χ2n) is 6.71. The molecule has 0 amide bonds. The van der Waals surface area contributed by atoms with E-state index in [-0.39, 0.29) is 0 Å². The lowest BCUT2D eigenvalue weighted by atomic mass is 9.80. The zero-order valence-corrected chi connectivity index (χ0v) is 12.1. The van der Waals surface area contributed by atoms with Gasteiger partial charge in [0.15, 0.2) is 0 Å². The van der Waals surface area contributed by atoms with Gasteiger partial charge < -0.3 is 10.4 Å². The molecule has 0 radical (unpaired) electrons. The monoisotopic (exact) mass is 253 g/mol. The van der Waals surface area contributed by atoms with Crippen LogP contribution in [0.25, 0.3) is 0 Å². The molecule has 0 spiro atoms. The second-order valence-corrected chi connectivity index (χ2v) is 6.71. The molecule has 0 bridgehead atoms. The molecule has 106 valence electrons. The van der Waals surface area contributed by atoms with Gasteiger partial charge in [0, 0.05) is 6.54 Å². The summed E-state index contributed by atoms with van der Waals surface area (Å²) in [7, 11) is 0. The molecule has 0 unspecified atom stereocenters. The van der Waals surface area contributed by atoms with E-state index in [0.29, 0.717) is 0 Å². The molecule has 2 N–H and O–H groups in total. The van der Waals surface area contributed by atoms with Gasteiger partial charge in [-0.2, -0.15) is 0 Å². The maximum atomic E-state index is 10.4. The molecule has 2 rings (SSSR count). The van der Waals surface area contributed by atoms with Crippen molar-refractivity contribution in [2.45, 2.75) is 76.7 Å². The van der Waals surface area contributed by atoms with Gasteiger partial charge in [-0.15, -0.1) is 0 Å². The molecule has 2 aliphatic carbocycles. The van der Waals surface area contributed by atoms with E-state index >= 15 is 0 Å². The van der Waals surface area contributed by atoms with E-state index in [9.17, 15) is 5.11 Å². The highest BCUT2D eigenvalue weighted by molar-refractivity contribution is 4.85. The van der Waals surface area contributed by atoms with Crippen molar-refractivity contribution in [1.82, 2.24) is 5.32 Å². The van der Waals surface area contributed by atoms with Crippen LogP contribution in [-0.4, -0.2) is 23.8 Å². The van der Waals surface area contributed by atoms with Crippen molar-refractivity contribution in [3.05, 3.63) is 0 Å². The predicted octanol–water partition coefficient (Wildman–Crippen LogP) is 3.49. The summed E-state index contributed by atoms with van der Waals surface area (Å²) in [5.41, 5.74) is -0.390. The minimum atomic E-state index is -0.390. The van der Waals surface area contributed by atoms with Gasteiger partial charge in [0.05, 0.1) is 5.60 Å². The van der Waals surface area contributed by atoms with Crippen molar-refractivity contribution in [1.29, 1.82) is 0 Å². The Morgan fingerprint density at radius 1 is 1.00 bits per heavy atom. The highest BCUT2D eigenvalue weighted by Crippen LogP contribution is 2.31. The summed E-state index contributed by atoms with van der Waals surface area (Å²) in [6.07, 6.45) is 12.7. The molecule has 0 aromatic rings. The Kier molecular flexibility index (Phi) is 5.50. The van der Waals surface area contributed by atoms with E-state index in [1.807, 2.05) is 0 Å². The zero-order valence-electron chi connectivity index (χ0n) is 12.1. The fourth-order valence-electron chi connectivity index (χ4n) is 3.74. The summed E-state index contributed by atoms with van der Waals surface area (Å²) in [5.74, 6) is 1.85. The standard InChI is InChI=1S/C16H31NO/c1-2-14-6-8-15(9-7-14)12-17-13-16(18)10-4-3-5-11-16/h14-15,17-18H,2-13H2,1H3. The van der Waals surface area contributed by atoms with Crippen LogP contribution in [0.3, 0.4) is 0 Å². The first-order chi connectivity index (χ1) is 8.72. The van der Waals surface area contributed by atoms with E-state index in [0.717, 1.165) is 37.8 Å². The Morgan fingerprint density at radius 3 is 2.22 bits per heavy atom. The Hall–Kier alpha value is -0.0800. The van der Waals surface area contributed by atoms with Gasteiger partial charge in [0.25, 0.3) is 0 Å². The molecule has 18 heavy (non-hydrogen) atoms. The van der Waals surface area contributed by atoms with Gasteiger partial charge in [-0.05, 0) is 44.1 Å². The Balaban J connectivity index is 1.60. The summed E-state index contributed by atoms with van der Waals surface area (Å²) in [6, 6.07) is 0. The van der Waals surface area contributed by atoms with Gasteiger partial charge in [0.2, 0.25) is 0 Å². The molecular formula is C16H31NO. The molecule has 0 aliphatic heterocycles. The van der Waals surface area contributed by atoms with Gasteiger partial charge in [-0.3, -0.25) is 0 Å². The van der Waals surface area contributed by atoms with Crippen molar-refractivity contribution in [3.63, 3.8) is 0 Å². The Morgan fingerprint density at radius 2 is 1.61 bits per heavy atom.